The Balaban J connectivity index is 0.000000196. The third-order valence-corrected chi connectivity index (χ3v) is 20.6. The van der Waals surface area contributed by atoms with Gasteiger partial charge in [-0.3, -0.25) is 29.0 Å². The van der Waals surface area contributed by atoms with E-state index in [2.05, 4.69) is 64.5 Å². The number of carbonyl (C=O) groups excluding carboxylic acids is 9. The second-order valence-corrected chi connectivity index (χ2v) is 29.0. The van der Waals surface area contributed by atoms with Crippen LogP contribution in [0.4, 0.5) is 55.5 Å². The molecule has 111 heavy (non-hydrogen) atoms. The van der Waals surface area contributed by atoms with Crippen molar-refractivity contribution in [1.82, 2.24) is 25.8 Å². The summed E-state index contributed by atoms with van der Waals surface area (Å²) in [6.07, 6.45) is -3.68. The number of piperazine rings is 2. The van der Waals surface area contributed by atoms with Crippen molar-refractivity contribution in [2.24, 2.45) is 5.73 Å². The molecule has 7 amide bonds. The maximum atomic E-state index is 15.4. The van der Waals surface area contributed by atoms with Gasteiger partial charge >= 0.3 is 30.5 Å². The van der Waals surface area contributed by atoms with Gasteiger partial charge in [0.1, 0.15) is 42.7 Å². The van der Waals surface area contributed by atoms with E-state index in [1.807, 2.05) is 58.3 Å². The minimum atomic E-state index is -0.666. The van der Waals surface area contributed by atoms with E-state index in [4.69, 9.17) is 29.4 Å². The second-order valence-electron chi connectivity index (χ2n) is 29.0. The number of carbonyl (C=O) groups is 9. The van der Waals surface area contributed by atoms with Crippen LogP contribution in [0.5, 0.6) is 0 Å². The van der Waals surface area contributed by atoms with Crippen molar-refractivity contribution in [2.45, 2.75) is 89.2 Å². The number of hydrogen-bond acceptors (Lipinski definition) is 17. The Morgan fingerprint density at radius 3 is 1.19 bits per heavy atom. The number of ketones is 2. The molecule has 0 radical (unpaired) electrons. The lowest BCUT2D eigenvalue weighted by Crippen LogP contribution is -2.49. The van der Waals surface area contributed by atoms with Crippen LogP contribution in [-0.2, 0) is 46.4 Å². The Hall–Kier alpha value is -12.2. The normalized spacial score (nSPS) is 16.5. The van der Waals surface area contributed by atoms with E-state index in [9.17, 15) is 43.2 Å². The zero-order valence-corrected chi connectivity index (χ0v) is 62.0. The number of alkyl carbamates (subject to hydrolysis) is 3. The lowest BCUT2D eigenvalue weighted by atomic mass is 9.98. The highest BCUT2D eigenvalue weighted by atomic mass is 19.1. The summed E-state index contributed by atoms with van der Waals surface area (Å²) in [6.45, 7) is 9.98. The molecule has 2 atom stereocenters. The second kappa shape index (κ2) is 34.6. The fourth-order valence-corrected chi connectivity index (χ4v) is 14.7. The molecule has 0 aromatic heterocycles. The van der Waals surface area contributed by atoms with Crippen molar-refractivity contribution < 1.29 is 75.6 Å². The molecule has 0 spiro atoms. The smallest absolute Gasteiger partial charge is 0.414 e. The number of ether oxygens (including phenoxy) is 5. The summed E-state index contributed by atoms with van der Waals surface area (Å²) < 4.78 is 57.5. The Labute approximate surface area is 641 Å². The fraction of sp³-hybridized carbons (Fsp3) is 0.329. The number of hydrogen-bond donors (Lipinski definition) is 4. The van der Waals surface area contributed by atoms with Crippen molar-refractivity contribution in [3.63, 3.8) is 0 Å². The molecule has 576 valence electrons. The van der Waals surface area contributed by atoms with Crippen molar-refractivity contribution in [1.29, 1.82) is 0 Å². The van der Waals surface area contributed by atoms with E-state index >= 15 is 8.78 Å². The number of benzene rings is 8. The van der Waals surface area contributed by atoms with Gasteiger partial charge in [0.2, 0.25) is 11.8 Å². The highest BCUT2D eigenvalue weighted by Gasteiger charge is 2.37. The van der Waals surface area contributed by atoms with Gasteiger partial charge in [-0.1, -0.05) is 146 Å². The third kappa shape index (κ3) is 18.6. The molecule has 6 aliphatic rings. The summed E-state index contributed by atoms with van der Waals surface area (Å²) in [6, 6.07) is 55.6. The Morgan fingerprint density at radius 2 is 0.829 bits per heavy atom. The summed E-state index contributed by atoms with van der Waals surface area (Å²) in [5.41, 5.74) is 18.2. The maximum Gasteiger partial charge on any atom is 0.414 e. The summed E-state index contributed by atoms with van der Waals surface area (Å²) in [5.74, 6) is -1.64. The number of anilines is 4. The van der Waals surface area contributed by atoms with Crippen LogP contribution in [0.3, 0.4) is 0 Å². The van der Waals surface area contributed by atoms with Crippen molar-refractivity contribution >= 4 is 76.6 Å². The summed E-state index contributed by atoms with van der Waals surface area (Å²) in [7, 11) is 0. The largest absolute Gasteiger partial charge is 0.449 e. The fourth-order valence-electron chi connectivity index (χ4n) is 14.7. The number of nitrogens with one attached hydrogen (secondary N) is 3. The summed E-state index contributed by atoms with van der Waals surface area (Å²) in [5, 5.41) is 8.16. The molecule has 26 heteroatoms. The topological polar surface area (TPSA) is 281 Å². The molecular weight excluding hydrogens is 1420 g/mol. The zero-order valence-electron chi connectivity index (χ0n) is 62.0. The van der Waals surface area contributed by atoms with E-state index in [-0.39, 0.29) is 113 Å². The lowest BCUT2D eigenvalue weighted by molar-refractivity contribution is -0.132. The summed E-state index contributed by atoms with van der Waals surface area (Å²) >= 11 is 0. The molecular formula is C85H88F2N10O14. The average molecular weight is 1510 g/mol. The molecule has 5 N–H and O–H groups in total. The quantitative estimate of drug-likeness (QED) is 0.0342. The molecule has 2 aliphatic carbocycles. The van der Waals surface area contributed by atoms with Gasteiger partial charge in [0.15, 0.2) is 11.6 Å². The number of Topliss-reactive ketones (excluding diaryl/α,β-unsaturated/α-hetero) is 2. The van der Waals surface area contributed by atoms with Crippen LogP contribution in [0.1, 0.15) is 112 Å². The summed E-state index contributed by atoms with van der Waals surface area (Å²) in [4.78, 5) is 123. The van der Waals surface area contributed by atoms with E-state index in [1.54, 1.807) is 103 Å². The van der Waals surface area contributed by atoms with Gasteiger partial charge in [-0.15, -0.1) is 0 Å². The molecule has 4 heterocycles. The minimum Gasteiger partial charge on any atom is -0.449 e. The van der Waals surface area contributed by atoms with Gasteiger partial charge in [-0.25, -0.2) is 32.8 Å². The van der Waals surface area contributed by atoms with Crippen LogP contribution in [-0.4, -0.2) is 173 Å². The van der Waals surface area contributed by atoms with Crippen molar-refractivity contribution in [3.8, 4) is 22.3 Å². The SMILES string of the molecule is CC(C)(C)OC(=O)NC[C@H]1CN(c2ccc(N3CCN(C(=O)CCC(=O)c4ccc(CNC(=O)OCC5c6ccccc6-c6ccccc65)cc4)CC3)c(F)c2)C(=O)O1.NC[C@H]1CN(c2ccc(N3CCN(C(=O)CCC(=O)c4ccc(CNC(=O)OCC5c6ccccc6-c6ccccc65)cc4)CC3)c(F)c2)C(=O)O1. The van der Waals surface area contributed by atoms with Crippen LogP contribution >= 0.6 is 0 Å². The Kier molecular flexibility index (Phi) is 24.0. The zero-order chi connectivity index (χ0) is 77.9. The minimum absolute atomic E-state index is 0.0236. The van der Waals surface area contributed by atoms with Crippen molar-refractivity contribution in [3.05, 3.63) is 238 Å². The van der Waals surface area contributed by atoms with Gasteiger partial charge in [0, 0.05) is 121 Å². The van der Waals surface area contributed by atoms with E-state index < -0.39 is 59.9 Å². The van der Waals surface area contributed by atoms with Crippen LogP contribution in [0, 0.1) is 11.6 Å². The van der Waals surface area contributed by atoms with Crippen LogP contribution in [0.15, 0.2) is 182 Å². The highest BCUT2D eigenvalue weighted by molar-refractivity contribution is 5.99. The molecule has 4 aliphatic heterocycles. The lowest BCUT2D eigenvalue weighted by Gasteiger charge is -2.36. The van der Waals surface area contributed by atoms with E-state index in [0.29, 0.717) is 86.2 Å². The van der Waals surface area contributed by atoms with Crippen LogP contribution in [0.25, 0.3) is 22.3 Å². The molecule has 14 rings (SSSR count). The predicted molar refractivity (Wildman–Crippen MR) is 413 cm³/mol. The first-order valence-corrected chi connectivity index (χ1v) is 37.3. The Bertz CT molecular complexity index is 4700. The molecule has 8 aromatic rings. The number of cyclic esters (lactones) is 2. The third-order valence-electron chi connectivity index (χ3n) is 20.6. The van der Waals surface area contributed by atoms with Gasteiger partial charge in [0.25, 0.3) is 0 Å². The number of halogens is 2. The van der Waals surface area contributed by atoms with Gasteiger partial charge in [-0.2, -0.15) is 0 Å². The molecule has 4 fully saturated rings. The highest BCUT2D eigenvalue weighted by Crippen LogP contribution is 2.46. The first kappa shape index (κ1) is 77.0. The monoisotopic (exact) mass is 1510 g/mol. The number of rotatable bonds is 23. The van der Waals surface area contributed by atoms with Gasteiger partial charge in [-0.05, 0) is 113 Å². The molecule has 4 saturated heterocycles. The molecule has 0 bridgehead atoms. The molecule has 0 saturated carbocycles. The number of fused-ring (bicyclic) bond motifs is 6. The first-order valence-electron chi connectivity index (χ1n) is 37.3. The number of nitrogens with two attached hydrogens (primary N) is 1. The van der Waals surface area contributed by atoms with E-state index in [0.717, 1.165) is 55.6 Å². The van der Waals surface area contributed by atoms with Crippen LogP contribution < -0.4 is 41.3 Å². The van der Waals surface area contributed by atoms with Crippen molar-refractivity contribution in [2.75, 3.05) is 111 Å². The Morgan fingerprint density at radius 1 is 0.459 bits per heavy atom. The van der Waals surface area contributed by atoms with E-state index in [1.165, 1.54) is 21.9 Å². The average Bonchev–Trinajstić information content (AvgIpc) is 1.60. The standard InChI is InChI=1S/C45H48FN5O8.C40H40FN5O6/c1-45(2,3)59-43(55)48-26-32-27-51(44(56)58-32)31-16-17-39(38(46)24-31)49-20-22-50(23-21-49)41(53)19-18-40(52)30-14-12-29(13-15-30)25-47-42(54)57-28-37-35-10-6-4-8-33(35)34-9-5-7-11-36(34)37;41-35-21-28(46-24-29(22-42)52-40(46)50)13-14-36(35)44-17-19-45(20-18-44)38(48)16-15-37(47)27-11-9-26(10-12-27)23-43-39(49)51-25-34-32-7-3-1-5-30(32)31-6-2-4-8-33(31)34/h4-17,24,32,37H,18-23,25-28H2,1-3H3,(H,47,54)(H,48,55);1-14,21,29,34H,15-20,22-25,42H2,(H,43,49)/t32-;29-/m00/s1. The first-order chi connectivity index (χ1) is 53.6. The number of amides is 7. The molecule has 0 unspecified atom stereocenters. The molecule has 24 nitrogen and oxygen atoms in total. The molecule has 8 aromatic carbocycles. The maximum absolute atomic E-state index is 15.4. The number of nitrogens with zero attached hydrogens (tertiary/aromatic N) is 6. The van der Waals surface area contributed by atoms with Gasteiger partial charge in [0.05, 0.1) is 42.4 Å². The predicted octanol–water partition coefficient (Wildman–Crippen LogP) is 12.5. The van der Waals surface area contributed by atoms with Gasteiger partial charge < -0.3 is 65.0 Å². The van der Waals surface area contributed by atoms with Crippen LogP contribution in [0.2, 0.25) is 0 Å².